The van der Waals surface area contributed by atoms with Crippen molar-refractivity contribution in [3.63, 3.8) is 0 Å². The number of aromatic amines is 1. The van der Waals surface area contributed by atoms with Crippen molar-refractivity contribution in [1.29, 1.82) is 0 Å². The summed E-state index contributed by atoms with van der Waals surface area (Å²) in [7, 11) is 0. The maximum absolute atomic E-state index is 12.4. The average Bonchev–Trinajstić information content (AvgIpc) is 3.13. The van der Waals surface area contributed by atoms with Crippen LogP contribution in [0.25, 0.3) is 22.4 Å². The summed E-state index contributed by atoms with van der Waals surface area (Å²) < 4.78 is 0. The monoisotopic (exact) mass is 339 g/mol. The van der Waals surface area contributed by atoms with E-state index in [1.54, 1.807) is 41.7 Å². The zero-order valence-corrected chi connectivity index (χ0v) is 13.4. The number of nitrogens with zero attached hydrogens (tertiary/aromatic N) is 2. The first kappa shape index (κ1) is 14.8. The van der Waals surface area contributed by atoms with E-state index in [1.165, 1.54) is 10.9 Å². The van der Waals surface area contributed by atoms with E-state index >= 15 is 0 Å². The summed E-state index contributed by atoms with van der Waals surface area (Å²) in [4.78, 5) is 32.2. The third kappa shape index (κ3) is 2.43. The van der Waals surface area contributed by atoms with E-state index in [4.69, 9.17) is 0 Å². The molecule has 1 aliphatic carbocycles. The number of para-hydroxylation sites is 1. The number of hydrogen-bond donors (Lipinski definition) is 1. The molecule has 0 atom stereocenters. The molecule has 1 aliphatic rings. The molecule has 3 aromatic rings. The van der Waals surface area contributed by atoms with Crippen LogP contribution >= 0.6 is 11.3 Å². The van der Waals surface area contributed by atoms with Crippen LogP contribution in [-0.4, -0.2) is 14.9 Å². The van der Waals surface area contributed by atoms with Crippen LogP contribution < -0.4 is 5.56 Å². The van der Waals surface area contributed by atoms with Gasteiger partial charge in [-0.3, -0.25) is 14.9 Å². The lowest BCUT2D eigenvalue weighted by molar-refractivity contribution is -0.385. The molecule has 120 valence electrons. The molecule has 0 amide bonds. The Bertz CT molecular complexity index is 1050. The van der Waals surface area contributed by atoms with Gasteiger partial charge in [-0.25, -0.2) is 4.98 Å². The van der Waals surface area contributed by atoms with Crippen molar-refractivity contribution < 1.29 is 4.92 Å². The maximum atomic E-state index is 12.4. The third-order valence-electron chi connectivity index (χ3n) is 4.15. The van der Waals surface area contributed by atoms with Crippen molar-refractivity contribution in [3.8, 4) is 0 Å². The summed E-state index contributed by atoms with van der Waals surface area (Å²) >= 11 is 1.57. The molecule has 6 nitrogen and oxygen atoms in total. The molecule has 1 aromatic carbocycles. The zero-order chi connectivity index (χ0) is 16.7. The second kappa shape index (κ2) is 5.68. The summed E-state index contributed by atoms with van der Waals surface area (Å²) in [6, 6.07) is 6.46. The Morgan fingerprint density at radius 1 is 1.25 bits per heavy atom. The second-order valence-electron chi connectivity index (χ2n) is 5.64. The number of benzene rings is 1. The fourth-order valence-electron chi connectivity index (χ4n) is 3.06. The predicted octanol–water partition coefficient (Wildman–Crippen LogP) is 3.55. The Balaban J connectivity index is 1.76. The van der Waals surface area contributed by atoms with E-state index in [0.29, 0.717) is 16.8 Å². The fraction of sp³-hybridized carbons (Fsp3) is 0.176. The van der Waals surface area contributed by atoms with Gasteiger partial charge in [-0.2, -0.15) is 0 Å². The summed E-state index contributed by atoms with van der Waals surface area (Å²) in [5, 5.41) is 11.7. The smallest absolute Gasteiger partial charge is 0.276 e. The lowest BCUT2D eigenvalue weighted by Gasteiger charge is -1.98. The molecular formula is C17H13N3O3S. The van der Waals surface area contributed by atoms with Crippen LogP contribution in [0.15, 0.2) is 29.1 Å². The molecule has 7 heteroatoms. The summed E-state index contributed by atoms with van der Waals surface area (Å²) in [6.07, 6.45) is 6.25. The highest BCUT2D eigenvalue weighted by molar-refractivity contribution is 7.18. The minimum Gasteiger partial charge on any atom is -0.306 e. The number of aromatic nitrogens is 2. The van der Waals surface area contributed by atoms with E-state index in [-0.39, 0.29) is 11.2 Å². The lowest BCUT2D eigenvalue weighted by atomic mass is 10.1. The van der Waals surface area contributed by atoms with Crippen molar-refractivity contribution in [2.45, 2.75) is 19.3 Å². The van der Waals surface area contributed by atoms with Crippen molar-refractivity contribution in [2.75, 3.05) is 0 Å². The quantitative estimate of drug-likeness (QED) is 0.584. The van der Waals surface area contributed by atoms with Crippen LogP contribution in [0, 0.1) is 10.1 Å². The Labute approximate surface area is 140 Å². The number of nitro benzene ring substituents is 1. The van der Waals surface area contributed by atoms with Gasteiger partial charge < -0.3 is 4.98 Å². The molecule has 2 heterocycles. The van der Waals surface area contributed by atoms with Crippen molar-refractivity contribution in [3.05, 3.63) is 66.6 Å². The van der Waals surface area contributed by atoms with Crippen molar-refractivity contribution in [1.82, 2.24) is 9.97 Å². The molecule has 0 saturated heterocycles. The SMILES string of the molecule is O=c1[nH]c(/C=C/c2ccccc2[N+](=O)[O-])nc2sc3c(c12)CCC3. The third-order valence-corrected chi connectivity index (χ3v) is 5.33. The van der Waals surface area contributed by atoms with Gasteiger partial charge in [0, 0.05) is 10.9 Å². The van der Waals surface area contributed by atoms with E-state index in [2.05, 4.69) is 9.97 Å². The van der Waals surface area contributed by atoms with Crippen LogP contribution in [0.5, 0.6) is 0 Å². The number of H-pyrrole nitrogens is 1. The van der Waals surface area contributed by atoms with Crippen LogP contribution in [0.1, 0.15) is 28.2 Å². The van der Waals surface area contributed by atoms with Gasteiger partial charge in [-0.1, -0.05) is 12.1 Å². The van der Waals surface area contributed by atoms with Gasteiger partial charge in [0.25, 0.3) is 11.2 Å². The van der Waals surface area contributed by atoms with Crippen LogP contribution in [0.3, 0.4) is 0 Å². The minimum absolute atomic E-state index is 0.0206. The molecule has 0 aliphatic heterocycles. The second-order valence-corrected chi connectivity index (χ2v) is 6.72. The first-order valence-corrected chi connectivity index (χ1v) is 8.41. The average molecular weight is 339 g/mol. The Morgan fingerprint density at radius 3 is 2.92 bits per heavy atom. The molecule has 0 unspecified atom stereocenters. The van der Waals surface area contributed by atoms with E-state index in [1.807, 2.05) is 0 Å². The van der Waals surface area contributed by atoms with Gasteiger partial charge >= 0.3 is 0 Å². The fourth-order valence-corrected chi connectivity index (χ4v) is 4.33. The van der Waals surface area contributed by atoms with E-state index in [0.717, 1.165) is 29.7 Å². The van der Waals surface area contributed by atoms with Crippen LogP contribution in [-0.2, 0) is 12.8 Å². The van der Waals surface area contributed by atoms with Crippen LogP contribution in [0.4, 0.5) is 5.69 Å². The maximum Gasteiger partial charge on any atom is 0.276 e. The molecule has 4 rings (SSSR count). The lowest BCUT2D eigenvalue weighted by Crippen LogP contribution is -2.09. The van der Waals surface area contributed by atoms with Gasteiger partial charge in [-0.15, -0.1) is 11.3 Å². The van der Waals surface area contributed by atoms with Crippen molar-refractivity contribution >= 4 is 39.4 Å². The largest absolute Gasteiger partial charge is 0.306 e. The molecule has 2 aromatic heterocycles. The number of nitro groups is 1. The van der Waals surface area contributed by atoms with Gasteiger partial charge in [0.1, 0.15) is 10.7 Å². The van der Waals surface area contributed by atoms with Gasteiger partial charge in [0.2, 0.25) is 0 Å². The minimum atomic E-state index is -0.428. The number of aryl methyl sites for hydroxylation is 2. The van der Waals surface area contributed by atoms with Crippen molar-refractivity contribution in [2.24, 2.45) is 0 Å². The highest BCUT2D eigenvalue weighted by Crippen LogP contribution is 2.34. The summed E-state index contributed by atoms with van der Waals surface area (Å²) in [5.74, 6) is 0.408. The molecule has 0 spiro atoms. The number of nitrogens with one attached hydrogen (secondary N) is 1. The number of fused-ring (bicyclic) bond motifs is 3. The van der Waals surface area contributed by atoms with Gasteiger partial charge in [0.05, 0.1) is 15.9 Å². The number of hydrogen-bond acceptors (Lipinski definition) is 5. The zero-order valence-electron chi connectivity index (χ0n) is 12.6. The van der Waals surface area contributed by atoms with Gasteiger partial charge in [0.15, 0.2) is 0 Å². The Hall–Kier alpha value is -2.80. The van der Waals surface area contributed by atoms with E-state index < -0.39 is 4.92 Å². The molecular weight excluding hydrogens is 326 g/mol. The van der Waals surface area contributed by atoms with E-state index in [9.17, 15) is 14.9 Å². The molecule has 0 fully saturated rings. The topological polar surface area (TPSA) is 88.9 Å². The Kier molecular flexibility index (Phi) is 3.50. The highest BCUT2D eigenvalue weighted by Gasteiger charge is 2.20. The molecule has 0 bridgehead atoms. The van der Waals surface area contributed by atoms with Gasteiger partial charge in [-0.05, 0) is 43.0 Å². The summed E-state index contributed by atoms with van der Waals surface area (Å²) in [5.41, 5.74) is 1.49. The Morgan fingerprint density at radius 2 is 2.08 bits per heavy atom. The molecule has 1 N–H and O–H groups in total. The molecule has 0 radical (unpaired) electrons. The summed E-state index contributed by atoms with van der Waals surface area (Å²) in [6.45, 7) is 0. The predicted molar refractivity (Wildman–Crippen MR) is 94.3 cm³/mol. The number of thiophene rings is 1. The highest BCUT2D eigenvalue weighted by atomic mass is 32.1. The van der Waals surface area contributed by atoms with Crippen LogP contribution in [0.2, 0.25) is 0 Å². The number of rotatable bonds is 3. The first-order chi connectivity index (χ1) is 11.6. The standard InChI is InChI=1S/C17H13N3O3S/c21-16-15-11-5-3-7-13(11)24-17(15)19-14(18-16)9-8-10-4-1-2-6-12(10)20(22)23/h1-2,4,6,8-9H,3,5,7H2,(H,18,19,21)/b9-8+. The normalized spacial score (nSPS) is 13.7. The molecule has 24 heavy (non-hydrogen) atoms. The first-order valence-electron chi connectivity index (χ1n) is 7.59. The molecule has 0 saturated carbocycles.